The molecule has 0 amide bonds. The maximum Gasteiger partial charge on any atom is 0.339 e. The van der Waals surface area contributed by atoms with Gasteiger partial charge in [-0.3, -0.25) is 0 Å². The van der Waals surface area contributed by atoms with Gasteiger partial charge in [-0.25, -0.2) is 4.79 Å². The van der Waals surface area contributed by atoms with Gasteiger partial charge in [0, 0.05) is 19.6 Å². The van der Waals surface area contributed by atoms with Crippen LogP contribution in [-0.2, 0) is 16.8 Å². The molecule has 0 aliphatic carbocycles. The molecule has 1 aliphatic rings. The highest BCUT2D eigenvalue weighted by Crippen LogP contribution is 2.22. The molecule has 0 radical (unpaired) electrons. The van der Waals surface area contributed by atoms with Crippen molar-refractivity contribution in [3.63, 3.8) is 0 Å². The Labute approximate surface area is 111 Å². The summed E-state index contributed by atoms with van der Waals surface area (Å²) in [6, 6.07) is 1.38. The molecule has 0 saturated carbocycles. The molecule has 106 valence electrons. The summed E-state index contributed by atoms with van der Waals surface area (Å²) < 4.78 is 32.1. The Morgan fingerprint density at radius 1 is 1.42 bits per heavy atom. The second-order valence-corrected chi connectivity index (χ2v) is 6.25. The molecule has 0 bridgehead atoms. The SMILES string of the molecule is CCN1CCN(Cc2cc(C(=O)O)c(C)o2)S1(=O)=O. The van der Waals surface area contributed by atoms with E-state index < -0.39 is 16.2 Å². The van der Waals surface area contributed by atoms with Gasteiger partial charge < -0.3 is 9.52 Å². The highest BCUT2D eigenvalue weighted by molar-refractivity contribution is 7.87. The van der Waals surface area contributed by atoms with Crippen molar-refractivity contribution < 1.29 is 22.7 Å². The number of furan rings is 1. The fraction of sp³-hybridized carbons (Fsp3) is 0.545. The topological polar surface area (TPSA) is 91.1 Å². The summed E-state index contributed by atoms with van der Waals surface area (Å²) >= 11 is 0. The third-order valence-electron chi connectivity index (χ3n) is 3.14. The van der Waals surface area contributed by atoms with Crippen LogP contribution in [0.15, 0.2) is 10.5 Å². The highest BCUT2D eigenvalue weighted by Gasteiger charge is 2.36. The Kier molecular flexibility index (Phi) is 3.66. The first-order valence-corrected chi connectivity index (χ1v) is 7.33. The Bertz CT molecular complexity index is 592. The number of hydrogen-bond donors (Lipinski definition) is 1. The quantitative estimate of drug-likeness (QED) is 0.879. The molecule has 1 fully saturated rings. The Hall–Kier alpha value is -1.38. The van der Waals surface area contributed by atoms with E-state index in [1.807, 2.05) is 0 Å². The van der Waals surface area contributed by atoms with Crippen LogP contribution in [0.25, 0.3) is 0 Å². The lowest BCUT2D eigenvalue weighted by Crippen LogP contribution is -2.32. The van der Waals surface area contributed by atoms with E-state index in [9.17, 15) is 13.2 Å². The molecular weight excluding hydrogens is 272 g/mol. The van der Waals surface area contributed by atoms with Crippen LogP contribution in [0.1, 0.15) is 28.8 Å². The summed E-state index contributed by atoms with van der Waals surface area (Å²) in [5.74, 6) is -0.449. The van der Waals surface area contributed by atoms with Crippen molar-refractivity contribution in [1.29, 1.82) is 0 Å². The van der Waals surface area contributed by atoms with Crippen LogP contribution >= 0.6 is 0 Å². The Morgan fingerprint density at radius 2 is 2.05 bits per heavy atom. The van der Waals surface area contributed by atoms with Crippen LogP contribution in [0.2, 0.25) is 0 Å². The van der Waals surface area contributed by atoms with E-state index in [4.69, 9.17) is 9.52 Å². The summed E-state index contributed by atoms with van der Waals surface area (Å²) in [7, 11) is -3.44. The molecule has 1 aliphatic heterocycles. The molecule has 2 heterocycles. The van der Waals surface area contributed by atoms with Crippen molar-refractivity contribution in [2.75, 3.05) is 19.6 Å². The molecule has 7 nitrogen and oxygen atoms in total. The van der Waals surface area contributed by atoms with Crippen molar-refractivity contribution in [1.82, 2.24) is 8.61 Å². The number of carbonyl (C=O) groups is 1. The molecule has 19 heavy (non-hydrogen) atoms. The van der Waals surface area contributed by atoms with Crippen LogP contribution in [0, 0.1) is 6.92 Å². The number of nitrogens with zero attached hydrogens (tertiary/aromatic N) is 2. The molecule has 0 unspecified atom stereocenters. The van der Waals surface area contributed by atoms with E-state index in [-0.39, 0.29) is 17.9 Å². The van der Waals surface area contributed by atoms with Gasteiger partial charge >= 0.3 is 5.97 Å². The number of rotatable bonds is 4. The minimum atomic E-state index is -3.44. The molecule has 1 N–H and O–H groups in total. The normalized spacial score (nSPS) is 19.9. The van der Waals surface area contributed by atoms with Gasteiger partial charge in [0.25, 0.3) is 10.2 Å². The minimum Gasteiger partial charge on any atom is -0.478 e. The van der Waals surface area contributed by atoms with Crippen molar-refractivity contribution >= 4 is 16.2 Å². The number of likely N-dealkylation sites (N-methyl/N-ethyl adjacent to an activating group) is 1. The average Bonchev–Trinajstić information content (AvgIpc) is 2.81. The third kappa shape index (κ3) is 2.51. The van der Waals surface area contributed by atoms with Gasteiger partial charge in [0.05, 0.1) is 6.54 Å². The standard InChI is InChI=1S/C11H16N2O5S/c1-3-12-4-5-13(19(12,16)17)7-9-6-10(11(14)15)8(2)18-9/h6H,3-5,7H2,1-2H3,(H,14,15). The number of hydrogen-bond acceptors (Lipinski definition) is 4. The lowest BCUT2D eigenvalue weighted by Gasteiger charge is -2.15. The molecule has 1 aromatic heterocycles. The van der Waals surface area contributed by atoms with Gasteiger partial charge in [-0.15, -0.1) is 0 Å². The molecule has 0 spiro atoms. The molecule has 8 heteroatoms. The predicted octanol–water partition coefficient (Wildman–Crippen LogP) is 0.669. The van der Waals surface area contributed by atoms with E-state index in [0.29, 0.717) is 25.4 Å². The fourth-order valence-corrected chi connectivity index (χ4v) is 3.67. The van der Waals surface area contributed by atoms with E-state index >= 15 is 0 Å². The van der Waals surface area contributed by atoms with Gasteiger partial charge in [0.2, 0.25) is 0 Å². The summed E-state index contributed by atoms with van der Waals surface area (Å²) in [6.45, 7) is 4.65. The number of carboxylic acid groups (broad SMARTS) is 1. The first-order valence-electron chi connectivity index (χ1n) is 5.94. The molecule has 0 atom stereocenters. The molecule has 0 aromatic carbocycles. The van der Waals surface area contributed by atoms with Crippen LogP contribution in [-0.4, -0.2) is 47.7 Å². The highest BCUT2D eigenvalue weighted by atomic mass is 32.2. The summed E-state index contributed by atoms with van der Waals surface area (Å²) in [5.41, 5.74) is 0.0685. The lowest BCUT2D eigenvalue weighted by atomic mass is 10.2. The molecular formula is C11H16N2O5S. The Morgan fingerprint density at radius 3 is 2.53 bits per heavy atom. The summed E-state index contributed by atoms with van der Waals surface area (Å²) in [6.07, 6.45) is 0. The van der Waals surface area contributed by atoms with Crippen molar-refractivity contribution in [3.8, 4) is 0 Å². The molecule has 2 rings (SSSR count). The van der Waals surface area contributed by atoms with Gasteiger partial charge in [-0.05, 0) is 13.0 Å². The van der Waals surface area contributed by atoms with E-state index in [0.717, 1.165) is 0 Å². The monoisotopic (exact) mass is 288 g/mol. The average molecular weight is 288 g/mol. The van der Waals surface area contributed by atoms with Crippen LogP contribution in [0.4, 0.5) is 0 Å². The minimum absolute atomic E-state index is 0.0625. The van der Waals surface area contributed by atoms with Gasteiger partial charge in [0.1, 0.15) is 17.1 Å². The van der Waals surface area contributed by atoms with Crippen LogP contribution in [0.5, 0.6) is 0 Å². The first kappa shape index (κ1) is 14.0. The van der Waals surface area contributed by atoms with E-state index in [1.54, 1.807) is 13.8 Å². The number of carboxylic acids is 1. The van der Waals surface area contributed by atoms with Crippen LogP contribution < -0.4 is 0 Å². The fourth-order valence-electron chi connectivity index (χ4n) is 2.11. The van der Waals surface area contributed by atoms with Crippen molar-refractivity contribution in [3.05, 3.63) is 23.2 Å². The largest absolute Gasteiger partial charge is 0.478 e. The van der Waals surface area contributed by atoms with Gasteiger partial charge in [-0.2, -0.15) is 17.0 Å². The number of aryl methyl sites for hydroxylation is 1. The summed E-state index contributed by atoms with van der Waals surface area (Å²) in [5, 5.41) is 8.92. The zero-order chi connectivity index (χ0) is 14.2. The maximum absolute atomic E-state index is 12.0. The van der Waals surface area contributed by atoms with E-state index in [2.05, 4.69) is 0 Å². The predicted molar refractivity (Wildman–Crippen MR) is 67.0 cm³/mol. The van der Waals surface area contributed by atoms with Crippen LogP contribution in [0.3, 0.4) is 0 Å². The smallest absolute Gasteiger partial charge is 0.339 e. The first-order chi connectivity index (χ1) is 8.86. The molecule has 1 aromatic rings. The number of aromatic carboxylic acids is 1. The maximum atomic E-state index is 12.0. The van der Waals surface area contributed by atoms with Gasteiger partial charge in [-0.1, -0.05) is 6.92 Å². The molecule has 1 saturated heterocycles. The lowest BCUT2D eigenvalue weighted by molar-refractivity contribution is 0.0695. The summed E-state index contributed by atoms with van der Waals surface area (Å²) in [4.78, 5) is 10.9. The van der Waals surface area contributed by atoms with Gasteiger partial charge in [0.15, 0.2) is 0 Å². The third-order valence-corrected chi connectivity index (χ3v) is 5.19. The second kappa shape index (κ2) is 4.95. The van der Waals surface area contributed by atoms with Crippen molar-refractivity contribution in [2.24, 2.45) is 0 Å². The van der Waals surface area contributed by atoms with Crippen molar-refractivity contribution in [2.45, 2.75) is 20.4 Å². The zero-order valence-corrected chi connectivity index (χ0v) is 11.6. The Balaban J connectivity index is 2.19. The zero-order valence-electron chi connectivity index (χ0n) is 10.8. The van der Waals surface area contributed by atoms with E-state index in [1.165, 1.54) is 14.7 Å². The second-order valence-electron chi connectivity index (χ2n) is 4.32.